The fourth-order valence-corrected chi connectivity index (χ4v) is 2.24. The second kappa shape index (κ2) is 5.21. The van der Waals surface area contributed by atoms with E-state index < -0.39 is 0 Å². The van der Waals surface area contributed by atoms with Crippen molar-refractivity contribution in [3.63, 3.8) is 0 Å². The summed E-state index contributed by atoms with van der Waals surface area (Å²) in [6, 6.07) is 10.2. The Balaban J connectivity index is 2.46. The normalized spacial score (nSPS) is 11.1. The Labute approximate surface area is 95.5 Å². The van der Waals surface area contributed by atoms with Crippen molar-refractivity contribution in [2.45, 2.75) is 31.2 Å². The lowest BCUT2D eigenvalue weighted by Gasteiger charge is -2.25. The Morgan fingerprint density at radius 3 is 2.47 bits per heavy atom. The molecule has 0 spiro atoms. The van der Waals surface area contributed by atoms with Gasteiger partial charge in [0, 0.05) is 23.1 Å². The molecule has 1 aromatic carbocycles. The molecule has 1 N–H and O–H groups in total. The maximum atomic E-state index is 11.0. The zero-order valence-electron chi connectivity index (χ0n) is 9.41. The smallest absolute Gasteiger partial charge is 0.217 e. The van der Waals surface area contributed by atoms with E-state index in [1.54, 1.807) is 18.7 Å². The highest BCUT2D eigenvalue weighted by Crippen LogP contribution is 2.21. The van der Waals surface area contributed by atoms with Gasteiger partial charge in [0.25, 0.3) is 0 Å². The first-order chi connectivity index (χ1) is 6.99. The van der Waals surface area contributed by atoms with E-state index in [0.29, 0.717) is 0 Å². The summed E-state index contributed by atoms with van der Waals surface area (Å²) in [6.07, 6.45) is 0. The summed E-state index contributed by atoms with van der Waals surface area (Å²) in [5.41, 5.74) is -0.160. The molecule has 0 aliphatic carbocycles. The van der Waals surface area contributed by atoms with E-state index in [-0.39, 0.29) is 11.4 Å². The zero-order chi connectivity index (χ0) is 11.3. The largest absolute Gasteiger partial charge is 0.351 e. The van der Waals surface area contributed by atoms with Crippen LogP contribution in [-0.4, -0.2) is 17.2 Å². The van der Waals surface area contributed by atoms with E-state index in [9.17, 15) is 4.79 Å². The van der Waals surface area contributed by atoms with Crippen LogP contribution >= 0.6 is 11.8 Å². The molecule has 15 heavy (non-hydrogen) atoms. The Morgan fingerprint density at radius 2 is 1.93 bits per heavy atom. The zero-order valence-corrected chi connectivity index (χ0v) is 10.2. The molecule has 0 heterocycles. The van der Waals surface area contributed by atoms with Gasteiger partial charge in [0.2, 0.25) is 5.91 Å². The standard InChI is InChI=1S/C12H17NOS/c1-10(14)13-12(2,3)9-15-11-7-5-4-6-8-11/h4-8H,9H2,1-3H3,(H,13,14). The van der Waals surface area contributed by atoms with Gasteiger partial charge in [0.05, 0.1) is 0 Å². The van der Waals surface area contributed by atoms with Gasteiger partial charge in [-0.2, -0.15) is 0 Å². The summed E-state index contributed by atoms with van der Waals surface area (Å²) in [4.78, 5) is 12.2. The number of nitrogens with one attached hydrogen (secondary N) is 1. The average Bonchev–Trinajstić information content (AvgIpc) is 2.15. The Bertz CT molecular complexity index is 322. The molecule has 1 amide bonds. The topological polar surface area (TPSA) is 29.1 Å². The number of rotatable bonds is 4. The lowest BCUT2D eigenvalue weighted by molar-refractivity contribution is -0.120. The van der Waals surface area contributed by atoms with Crippen LogP contribution in [0.2, 0.25) is 0 Å². The van der Waals surface area contributed by atoms with Gasteiger partial charge in [-0.05, 0) is 26.0 Å². The quantitative estimate of drug-likeness (QED) is 0.795. The minimum Gasteiger partial charge on any atom is -0.351 e. The molecule has 0 aliphatic rings. The van der Waals surface area contributed by atoms with Gasteiger partial charge in [-0.1, -0.05) is 18.2 Å². The van der Waals surface area contributed by atoms with Crippen LogP contribution in [0.25, 0.3) is 0 Å². The predicted octanol–water partition coefficient (Wildman–Crippen LogP) is 2.69. The summed E-state index contributed by atoms with van der Waals surface area (Å²) in [7, 11) is 0. The molecule has 0 fully saturated rings. The predicted molar refractivity (Wildman–Crippen MR) is 65.1 cm³/mol. The van der Waals surface area contributed by atoms with Gasteiger partial charge in [-0.15, -0.1) is 11.8 Å². The molecule has 1 aromatic rings. The van der Waals surface area contributed by atoms with E-state index in [4.69, 9.17) is 0 Å². The van der Waals surface area contributed by atoms with Crippen molar-refractivity contribution in [1.82, 2.24) is 5.32 Å². The molecule has 2 nitrogen and oxygen atoms in total. The second-order valence-corrected chi connectivity index (χ2v) is 5.22. The molecule has 0 aromatic heterocycles. The number of thioether (sulfide) groups is 1. The van der Waals surface area contributed by atoms with Crippen molar-refractivity contribution in [3.05, 3.63) is 30.3 Å². The first-order valence-electron chi connectivity index (χ1n) is 4.96. The minimum atomic E-state index is -0.160. The fourth-order valence-electron chi connectivity index (χ4n) is 1.29. The number of carbonyl (C=O) groups excluding carboxylic acids is 1. The maximum absolute atomic E-state index is 11.0. The monoisotopic (exact) mass is 223 g/mol. The van der Waals surface area contributed by atoms with E-state index in [1.165, 1.54) is 4.90 Å². The van der Waals surface area contributed by atoms with Crippen LogP contribution in [0.5, 0.6) is 0 Å². The van der Waals surface area contributed by atoms with E-state index in [0.717, 1.165) is 5.75 Å². The Hall–Kier alpha value is -0.960. The summed E-state index contributed by atoms with van der Waals surface area (Å²) in [5, 5.41) is 2.93. The van der Waals surface area contributed by atoms with Crippen LogP contribution in [0.1, 0.15) is 20.8 Å². The Kier molecular flexibility index (Phi) is 4.21. The molecule has 0 unspecified atom stereocenters. The SMILES string of the molecule is CC(=O)NC(C)(C)CSc1ccccc1. The molecule has 0 radical (unpaired) electrons. The van der Waals surface area contributed by atoms with Gasteiger partial charge in [-0.25, -0.2) is 0 Å². The van der Waals surface area contributed by atoms with Gasteiger partial charge in [-0.3, -0.25) is 4.79 Å². The van der Waals surface area contributed by atoms with Gasteiger partial charge < -0.3 is 5.32 Å². The van der Waals surface area contributed by atoms with Crippen molar-refractivity contribution in [2.75, 3.05) is 5.75 Å². The molecule has 0 aliphatic heterocycles. The van der Waals surface area contributed by atoms with Crippen LogP contribution in [0.3, 0.4) is 0 Å². The van der Waals surface area contributed by atoms with Crippen molar-refractivity contribution < 1.29 is 4.79 Å². The molecule has 0 atom stereocenters. The minimum absolute atomic E-state index is 0.0219. The van der Waals surface area contributed by atoms with Crippen LogP contribution in [0.4, 0.5) is 0 Å². The molecule has 1 rings (SSSR count). The average molecular weight is 223 g/mol. The van der Waals surface area contributed by atoms with Crippen molar-refractivity contribution in [1.29, 1.82) is 0 Å². The number of hydrogen-bond acceptors (Lipinski definition) is 2. The third-order valence-corrected chi connectivity index (χ3v) is 3.33. The molecule has 0 bridgehead atoms. The van der Waals surface area contributed by atoms with Crippen LogP contribution in [-0.2, 0) is 4.79 Å². The summed E-state index contributed by atoms with van der Waals surface area (Å²) in [5.74, 6) is 0.894. The lowest BCUT2D eigenvalue weighted by atomic mass is 10.1. The highest BCUT2D eigenvalue weighted by atomic mass is 32.2. The first kappa shape index (κ1) is 12.1. The number of benzene rings is 1. The number of carbonyl (C=O) groups is 1. The first-order valence-corrected chi connectivity index (χ1v) is 5.95. The lowest BCUT2D eigenvalue weighted by Crippen LogP contribution is -2.44. The third-order valence-electron chi connectivity index (χ3n) is 1.86. The van der Waals surface area contributed by atoms with Crippen LogP contribution in [0, 0.1) is 0 Å². The fraction of sp³-hybridized carbons (Fsp3) is 0.417. The summed E-state index contributed by atoms with van der Waals surface area (Å²) < 4.78 is 0. The third kappa shape index (κ3) is 4.88. The van der Waals surface area contributed by atoms with Crippen molar-refractivity contribution in [2.24, 2.45) is 0 Å². The van der Waals surface area contributed by atoms with Crippen LogP contribution in [0.15, 0.2) is 35.2 Å². The molecular weight excluding hydrogens is 206 g/mol. The number of hydrogen-bond donors (Lipinski definition) is 1. The maximum Gasteiger partial charge on any atom is 0.217 e. The molecule has 0 saturated carbocycles. The molecule has 3 heteroatoms. The molecular formula is C12H17NOS. The van der Waals surface area contributed by atoms with Crippen molar-refractivity contribution >= 4 is 17.7 Å². The van der Waals surface area contributed by atoms with Gasteiger partial charge >= 0.3 is 0 Å². The molecule has 0 saturated heterocycles. The molecule has 82 valence electrons. The summed E-state index contributed by atoms with van der Waals surface area (Å²) >= 11 is 1.75. The second-order valence-electron chi connectivity index (χ2n) is 4.17. The van der Waals surface area contributed by atoms with E-state index in [2.05, 4.69) is 17.4 Å². The highest BCUT2D eigenvalue weighted by molar-refractivity contribution is 7.99. The van der Waals surface area contributed by atoms with E-state index >= 15 is 0 Å². The van der Waals surface area contributed by atoms with Gasteiger partial charge in [0.15, 0.2) is 0 Å². The summed E-state index contributed by atoms with van der Waals surface area (Å²) in [6.45, 7) is 5.61. The highest BCUT2D eigenvalue weighted by Gasteiger charge is 2.18. The number of amides is 1. The van der Waals surface area contributed by atoms with E-state index in [1.807, 2.05) is 32.0 Å². The van der Waals surface area contributed by atoms with Crippen LogP contribution < -0.4 is 5.32 Å². The Morgan fingerprint density at radius 1 is 1.33 bits per heavy atom. The van der Waals surface area contributed by atoms with Gasteiger partial charge in [0.1, 0.15) is 0 Å². The van der Waals surface area contributed by atoms with Crippen molar-refractivity contribution in [3.8, 4) is 0 Å².